The fraction of sp³-hybridized carbons (Fsp3) is 0.308. The van der Waals surface area contributed by atoms with Crippen molar-refractivity contribution in [3.05, 3.63) is 29.3 Å². The van der Waals surface area contributed by atoms with Crippen molar-refractivity contribution in [1.82, 2.24) is 10.1 Å². The van der Waals surface area contributed by atoms with Gasteiger partial charge in [-0.25, -0.2) is 0 Å². The van der Waals surface area contributed by atoms with E-state index in [1.54, 1.807) is 6.07 Å². The highest BCUT2D eigenvalue weighted by atomic mass is 32.1. The summed E-state index contributed by atoms with van der Waals surface area (Å²) in [6.07, 6.45) is 0.675. The second-order valence-corrected chi connectivity index (χ2v) is 5.12. The summed E-state index contributed by atoms with van der Waals surface area (Å²) in [5.74, 6) is -0.968. The molecule has 0 saturated heterocycles. The first-order chi connectivity index (χ1) is 9.61. The van der Waals surface area contributed by atoms with Crippen LogP contribution in [0.5, 0.6) is 0 Å². The molecule has 2 aromatic rings. The smallest absolute Gasteiger partial charge is 0.323 e. The van der Waals surface area contributed by atoms with E-state index in [0.29, 0.717) is 18.7 Å². The van der Waals surface area contributed by atoms with Crippen LogP contribution < -0.4 is 0 Å². The Bertz CT molecular complexity index is 591. The van der Waals surface area contributed by atoms with Gasteiger partial charge < -0.3 is 14.5 Å². The summed E-state index contributed by atoms with van der Waals surface area (Å²) < 4.78 is 5.13. The van der Waals surface area contributed by atoms with E-state index in [9.17, 15) is 9.59 Å². The molecule has 1 amide bonds. The number of thiophene rings is 1. The van der Waals surface area contributed by atoms with Gasteiger partial charge in [0.25, 0.3) is 5.91 Å². The molecule has 6 nitrogen and oxygen atoms in total. The van der Waals surface area contributed by atoms with Gasteiger partial charge in [0, 0.05) is 12.6 Å². The Morgan fingerprint density at radius 2 is 2.30 bits per heavy atom. The Kier molecular flexibility index (Phi) is 4.52. The fourth-order valence-electron chi connectivity index (χ4n) is 1.76. The lowest BCUT2D eigenvalue weighted by molar-refractivity contribution is -0.137. The fourth-order valence-corrected chi connectivity index (χ4v) is 2.43. The Morgan fingerprint density at radius 3 is 2.90 bits per heavy atom. The lowest BCUT2D eigenvalue weighted by atomic mass is 10.3. The molecule has 7 heteroatoms. The Morgan fingerprint density at radius 1 is 1.50 bits per heavy atom. The zero-order valence-corrected chi connectivity index (χ0v) is 11.7. The predicted octanol–water partition coefficient (Wildman–Crippen LogP) is 2.34. The van der Waals surface area contributed by atoms with Crippen molar-refractivity contribution in [3.8, 4) is 10.6 Å². The number of carboxylic acid groups (broad SMARTS) is 1. The molecule has 0 aliphatic carbocycles. The van der Waals surface area contributed by atoms with Gasteiger partial charge in [0.1, 0.15) is 6.54 Å². The van der Waals surface area contributed by atoms with Crippen LogP contribution >= 0.6 is 11.3 Å². The third kappa shape index (κ3) is 3.24. The minimum absolute atomic E-state index is 0.128. The van der Waals surface area contributed by atoms with E-state index in [2.05, 4.69) is 5.16 Å². The van der Waals surface area contributed by atoms with Gasteiger partial charge in [-0.05, 0) is 17.9 Å². The van der Waals surface area contributed by atoms with Gasteiger partial charge in [0.05, 0.1) is 4.88 Å². The maximum absolute atomic E-state index is 12.2. The van der Waals surface area contributed by atoms with Crippen molar-refractivity contribution < 1.29 is 19.2 Å². The minimum Gasteiger partial charge on any atom is -0.480 e. The molecule has 106 valence electrons. The Balaban J connectivity index is 2.17. The maximum atomic E-state index is 12.2. The Hall–Kier alpha value is -2.15. The summed E-state index contributed by atoms with van der Waals surface area (Å²) in [5, 5.41) is 14.5. The molecule has 0 atom stereocenters. The van der Waals surface area contributed by atoms with Crippen LogP contribution in [0.2, 0.25) is 0 Å². The van der Waals surface area contributed by atoms with Gasteiger partial charge in [0.15, 0.2) is 11.5 Å². The average Bonchev–Trinajstić information content (AvgIpc) is 3.07. The molecule has 0 aromatic carbocycles. The monoisotopic (exact) mass is 294 g/mol. The van der Waals surface area contributed by atoms with E-state index in [-0.39, 0.29) is 12.2 Å². The molecule has 20 heavy (non-hydrogen) atoms. The van der Waals surface area contributed by atoms with Crippen molar-refractivity contribution in [2.75, 3.05) is 13.1 Å². The summed E-state index contributed by atoms with van der Waals surface area (Å²) in [6.45, 7) is 1.90. The van der Waals surface area contributed by atoms with Gasteiger partial charge in [-0.2, -0.15) is 0 Å². The lowest BCUT2D eigenvalue weighted by Crippen LogP contribution is -2.36. The van der Waals surface area contributed by atoms with Gasteiger partial charge in [-0.3, -0.25) is 9.59 Å². The maximum Gasteiger partial charge on any atom is 0.323 e. The van der Waals surface area contributed by atoms with E-state index in [1.807, 2.05) is 24.4 Å². The highest BCUT2D eigenvalue weighted by Gasteiger charge is 2.21. The first kappa shape index (κ1) is 14.3. The number of hydrogen-bond donors (Lipinski definition) is 1. The van der Waals surface area contributed by atoms with Crippen molar-refractivity contribution in [1.29, 1.82) is 0 Å². The van der Waals surface area contributed by atoms with Gasteiger partial charge in [-0.15, -0.1) is 11.3 Å². The number of carboxylic acids is 1. The number of aromatic nitrogens is 1. The van der Waals surface area contributed by atoms with Crippen LogP contribution in [0.4, 0.5) is 0 Å². The summed E-state index contributed by atoms with van der Waals surface area (Å²) in [5.41, 5.74) is 0.128. The van der Waals surface area contributed by atoms with Gasteiger partial charge in [-0.1, -0.05) is 18.1 Å². The number of carbonyl (C=O) groups excluding carboxylic acids is 1. The molecule has 0 unspecified atom stereocenters. The second-order valence-electron chi connectivity index (χ2n) is 4.17. The van der Waals surface area contributed by atoms with E-state index in [4.69, 9.17) is 9.63 Å². The topological polar surface area (TPSA) is 83.6 Å². The molecule has 0 radical (unpaired) electrons. The van der Waals surface area contributed by atoms with Crippen LogP contribution in [0.15, 0.2) is 28.1 Å². The summed E-state index contributed by atoms with van der Waals surface area (Å²) >= 11 is 1.48. The molecule has 0 spiro atoms. The van der Waals surface area contributed by atoms with E-state index in [1.165, 1.54) is 16.2 Å². The molecule has 0 aliphatic heterocycles. The van der Waals surface area contributed by atoms with Crippen molar-refractivity contribution >= 4 is 23.2 Å². The van der Waals surface area contributed by atoms with Crippen LogP contribution in [0.3, 0.4) is 0 Å². The van der Waals surface area contributed by atoms with E-state index in [0.717, 1.165) is 4.88 Å². The molecule has 0 aliphatic rings. The molecule has 0 bridgehead atoms. The van der Waals surface area contributed by atoms with Crippen LogP contribution in [0.1, 0.15) is 23.8 Å². The molecular weight excluding hydrogens is 280 g/mol. The number of nitrogens with zero attached hydrogens (tertiary/aromatic N) is 2. The summed E-state index contributed by atoms with van der Waals surface area (Å²) in [4.78, 5) is 25.1. The number of hydrogen-bond acceptors (Lipinski definition) is 5. The van der Waals surface area contributed by atoms with Crippen molar-refractivity contribution in [2.45, 2.75) is 13.3 Å². The zero-order valence-electron chi connectivity index (χ0n) is 10.9. The molecule has 2 rings (SSSR count). The molecule has 2 aromatic heterocycles. The summed E-state index contributed by atoms with van der Waals surface area (Å²) in [6, 6.07) is 5.27. The third-order valence-electron chi connectivity index (χ3n) is 2.60. The largest absolute Gasteiger partial charge is 0.480 e. The zero-order chi connectivity index (χ0) is 14.5. The SMILES string of the molecule is CCCN(CC(=O)O)C(=O)c1cc(-c2cccs2)on1. The van der Waals surface area contributed by atoms with E-state index < -0.39 is 11.9 Å². The van der Waals surface area contributed by atoms with Crippen molar-refractivity contribution in [3.63, 3.8) is 0 Å². The lowest BCUT2D eigenvalue weighted by Gasteiger charge is -2.18. The second kappa shape index (κ2) is 6.33. The van der Waals surface area contributed by atoms with Gasteiger partial charge in [0.2, 0.25) is 0 Å². The molecule has 0 saturated carbocycles. The average molecular weight is 294 g/mol. The summed E-state index contributed by atoms with van der Waals surface area (Å²) in [7, 11) is 0. The van der Waals surface area contributed by atoms with Crippen LogP contribution in [-0.2, 0) is 4.79 Å². The molecule has 2 heterocycles. The highest BCUT2D eigenvalue weighted by molar-refractivity contribution is 7.13. The van der Waals surface area contributed by atoms with Crippen LogP contribution in [0.25, 0.3) is 10.6 Å². The van der Waals surface area contributed by atoms with Crippen LogP contribution in [-0.4, -0.2) is 40.1 Å². The highest BCUT2D eigenvalue weighted by Crippen LogP contribution is 2.25. The Labute approximate surface area is 119 Å². The number of rotatable bonds is 6. The predicted molar refractivity (Wildman–Crippen MR) is 73.6 cm³/mol. The molecule has 1 N–H and O–H groups in total. The quantitative estimate of drug-likeness (QED) is 0.884. The first-order valence-corrected chi connectivity index (χ1v) is 7.01. The number of amides is 1. The molecule has 0 fully saturated rings. The van der Waals surface area contributed by atoms with Gasteiger partial charge >= 0.3 is 5.97 Å². The molecular formula is C13H14N2O4S. The van der Waals surface area contributed by atoms with Crippen LogP contribution in [0, 0.1) is 0 Å². The minimum atomic E-state index is -1.05. The number of aliphatic carboxylic acids is 1. The normalized spacial score (nSPS) is 10.4. The first-order valence-electron chi connectivity index (χ1n) is 6.13. The van der Waals surface area contributed by atoms with E-state index >= 15 is 0 Å². The number of carbonyl (C=O) groups is 2. The standard InChI is InChI=1S/C13H14N2O4S/c1-2-5-15(8-12(16)17)13(18)9-7-10(19-14-9)11-4-3-6-20-11/h3-4,6-7H,2,5,8H2,1H3,(H,16,17). The third-order valence-corrected chi connectivity index (χ3v) is 3.48. The van der Waals surface area contributed by atoms with Crippen molar-refractivity contribution in [2.24, 2.45) is 0 Å².